The highest BCUT2D eigenvalue weighted by atomic mass is 32.1. The number of rotatable bonds is 7. The summed E-state index contributed by atoms with van der Waals surface area (Å²) in [5.41, 5.74) is 1.89. The van der Waals surface area contributed by atoms with Crippen molar-refractivity contribution in [2.75, 3.05) is 20.2 Å². The molecule has 1 fully saturated rings. The predicted molar refractivity (Wildman–Crippen MR) is 137 cm³/mol. The van der Waals surface area contributed by atoms with E-state index in [1.165, 1.54) is 27.8 Å². The number of nitrogens with zero attached hydrogens (tertiary/aromatic N) is 3. The van der Waals surface area contributed by atoms with Crippen LogP contribution in [0, 0.1) is 0 Å². The van der Waals surface area contributed by atoms with Gasteiger partial charge < -0.3 is 10.1 Å². The molecule has 1 aliphatic heterocycles. The summed E-state index contributed by atoms with van der Waals surface area (Å²) >= 11 is 3.04. The molecule has 1 N–H and O–H groups in total. The summed E-state index contributed by atoms with van der Waals surface area (Å²) in [4.78, 5) is 34.4. The predicted octanol–water partition coefficient (Wildman–Crippen LogP) is 3.98. The average Bonchev–Trinajstić information content (AvgIpc) is 3.53. The first-order valence-corrected chi connectivity index (χ1v) is 13.0. The lowest BCUT2D eigenvalue weighted by atomic mass is 10.0. The number of likely N-dealkylation sites (tertiary alicyclic amines) is 1. The van der Waals surface area contributed by atoms with Crippen LogP contribution < -0.4 is 15.6 Å². The fraction of sp³-hybridized carbons (Fsp3) is 0.320. The Kier molecular flexibility index (Phi) is 6.75. The van der Waals surface area contributed by atoms with Crippen molar-refractivity contribution < 1.29 is 9.53 Å². The normalized spacial score (nSPS) is 15.0. The van der Waals surface area contributed by atoms with Gasteiger partial charge in [-0.15, -0.1) is 22.7 Å². The van der Waals surface area contributed by atoms with Crippen LogP contribution in [-0.2, 0) is 17.9 Å². The molecule has 1 saturated heterocycles. The second kappa shape index (κ2) is 10.1. The van der Waals surface area contributed by atoms with Gasteiger partial charge in [-0.1, -0.05) is 24.3 Å². The van der Waals surface area contributed by atoms with Crippen LogP contribution >= 0.6 is 22.7 Å². The summed E-state index contributed by atoms with van der Waals surface area (Å²) in [6.45, 7) is 2.60. The van der Waals surface area contributed by atoms with Gasteiger partial charge in [0.15, 0.2) is 0 Å². The molecule has 4 aromatic rings. The van der Waals surface area contributed by atoms with Crippen LogP contribution in [-0.4, -0.2) is 46.6 Å². The fourth-order valence-electron chi connectivity index (χ4n) is 4.43. The molecule has 3 aromatic heterocycles. The fourth-order valence-corrected chi connectivity index (χ4v) is 6.15. The Morgan fingerprint density at radius 3 is 2.76 bits per heavy atom. The molecule has 34 heavy (non-hydrogen) atoms. The van der Waals surface area contributed by atoms with E-state index >= 15 is 0 Å². The lowest BCUT2D eigenvalue weighted by Crippen LogP contribution is -2.45. The van der Waals surface area contributed by atoms with Crippen molar-refractivity contribution in [3.05, 3.63) is 69.4 Å². The number of para-hydroxylation sites is 1. The molecule has 1 aliphatic rings. The molecule has 5 rings (SSSR count). The van der Waals surface area contributed by atoms with E-state index < -0.39 is 0 Å². The molecule has 7 nitrogen and oxygen atoms in total. The Morgan fingerprint density at radius 1 is 1.18 bits per heavy atom. The Balaban J connectivity index is 1.20. The summed E-state index contributed by atoms with van der Waals surface area (Å²) in [5, 5.41) is 7.66. The molecular formula is C25H26N4O3S2. The molecule has 0 aliphatic carbocycles. The van der Waals surface area contributed by atoms with Crippen molar-refractivity contribution in [3.8, 4) is 16.2 Å². The third-order valence-electron chi connectivity index (χ3n) is 6.20. The second-order valence-corrected chi connectivity index (χ2v) is 10.2. The van der Waals surface area contributed by atoms with Gasteiger partial charge >= 0.3 is 0 Å². The van der Waals surface area contributed by atoms with Crippen LogP contribution in [0.5, 0.6) is 5.75 Å². The monoisotopic (exact) mass is 494 g/mol. The highest BCUT2D eigenvalue weighted by molar-refractivity contribution is 7.18. The van der Waals surface area contributed by atoms with E-state index in [4.69, 9.17) is 4.74 Å². The molecule has 0 atom stereocenters. The number of nitrogens with one attached hydrogen (secondary N) is 1. The third-order valence-corrected chi connectivity index (χ3v) is 7.99. The van der Waals surface area contributed by atoms with Crippen molar-refractivity contribution in [2.24, 2.45) is 0 Å². The van der Waals surface area contributed by atoms with E-state index in [0.29, 0.717) is 10.2 Å². The van der Waals surface area contributed by atoms with E-state index in [-0.39, 0.29) is 24.1 Å². The summed E-state index contributed by atoms with van der Waals surface area (Å²) in [7, 11) is 1.70. The number of methoxy groups -OCH3 is 1. The smallest absolute Gasteiger partial charge is 0.263 e. The number of ether oxygens (including phenoxy) is 1. The van der Waals surface area contributed by atoms with Gasteiger partial charge in [-0.2, -0.15) is 0 Å². The average molecular weight is 495 g/mol. The molecule has 9 heteroatoms. The van der Waals surface area contributed by atoms with Gasteiger partial charge in [-0.3, -0.25) is 19.1 Å². The number of piperidine rings is 1. The maximum absolute atomic E-state index is 13.1. The molecule has 1 amide bonds. The number of benzene rings is 1. The Labute approximate surface area is 205 Å². The van der Waals surface area contributed by atoms with Crippen molar-refractivity contribution in [1.82, 2.24) is 19.8 Å². The van der Waals surface area contributed by atoms with Crippen LogP contribution in [0.3, 0.4) is 0 Å². The summed E-state index contributed by atoms with van der Waals surface area (Å²) in [6, 6.07) is 12.1. The van der Waals surface area contributed by atoms with Gasteiger partial charge in [0.1, 0.15) is 17.1 Å². The molecular weight excluding hydrogens is 468 g/mol. The van der Waals surface area contributed by atoms with Gasteiger partial charge in [0.2, 0.25) is 5.91 Å². The van der Waals surface area contributed by atoms with Gasteiger partial charge in [0.05, 0.1) is 18.8 Å². The molecule has 0 spiro atoms. The minimum atomic E-state index is -0.170. The van der Waals surface area contributed by atoms with Crippen LogP contribution in [0.4, 0.5) is 0 Å². The highest BCUT2D eigenvalue weighted by Gasteiger charge is 2.22. The maximum Gasteiger partial charge on any atom is 0.263 e. The summed E-state index contributed by atoms with van der Waals surface area (Å²) < 4.78 is 6.88. The largest absolute Gasteiger partial charge is 0.496 e. The highest BCUT2D eigenvalue weighted by Crippen LogP contribution is 2.33. The Morgan fingerprint density at radius 2 is 2.00 bits per heavy atom. The first-order valence-electron chi connectivity index (χ1n) is 11.3. The van der Waals surface area contributed by atoms with Crippen LogP contribution in [0.25, 0.3) is 20.7 Å². The zero-order chi connectivity index (χ0) is 23.5. The maximum atomic E-state index is 13.1. The summed E-state index contributed by atoms with van der Waals surface area (Å²) in [6.07, 6.45) is 3.23. The second-order valence-electron chi connectivity index (χ2n) is 8.41. The zero-order valence-corrected chi connectivity index (χ0v) is 20.5. The quantitative estimate of drug-likeness (QED) is 0.421. The van der Waals surface area contributed by atoms with E-state index in [1.54, 1.807) is 18.4 Å². The number of aromatic nitrogens is 2. The SMILES string of the molecule is COc1ccccc1CN1CCC(NC(=O)Cn2cnc3scc(-c4cccs4)c3c2=O)CC1. The van der Waals surface area contributed by atoms with Crippen molar-refractivity contribution in [2.45, 2.75) is 32.0 Å². The number of carbonyl (C=O) groups is 1. The first-order chi connectivity index (χ1) is 16.6. The number of carbonyl (C=O) groups excluding carboxylic acids is 1. The number of amides is 1. The van der Waals surface area contributed by atoms with Gasteiger partial charge in [0, 0.05) is 47.1 Å². The first kappa shape index (κ1) is 22.8. The minimum absolute atomic E-state index is 0.0249. The van der Waals surface area contributed by atoms with Crippen molar-refractivity contribution >= 4 is 38.8 Å². The van der Waals surface area contributed by atoms with Crippen LogP contribution in [0.1, 0.15) is 18.4 Å². The Hall–Kier alpha value is -3.01. The van der Waals surface area contributed by atoms with Gasteiger partial charge in [0.25, 0.3) is 5.56 Å². The lowest BCUT2D eigenvalue weighted by molar-refractivity contribution is -0.122. The third kappa shape index (κ3) is 4.77. The van der Waals surface area contributed by atoms with Crippen molar-refractivity contribution in [1.29, 1.82) is 0 Å². The number of thiophene rings is 2. The Bertz CT molecular complexity index is 1340. The number of fused-ring (bicyclic) bond motifs is 1. The lowest BCUT2D eigenvalue weighted by Gasteiger charge is -2.32. The van der Waals surface area contributed by atoms with Crippen LogP contribution in [0.15, 0.2) is 58.3 Å². The number of hydrogen-bond acceptors (Lipinski definition) is 7. The van der Waals surface area contributed by atoms with Gasteiger partial charge in [-0.05, 0) is 30.4 Å². The zero-order valence-electron chi connectivity index (χ0n) is 18.9. The van der Waals surface area contributed by atoms with E-state index in [2.05, 4.69) is 21.3 Å². The van der Waals surface area contributed by atoms with E-state index in [0.717, 1.165) is 48.7 Å². The molecule has 1 aromatic carbocycles. The molecule has 176 valence electrons. The van der Waals surface area contributed by atoms with Crippen LogP contribution in [0.2, 0.25) is 0 Å². The molecule has 0 saturated carbocycles. The molecule has 4 heterocycles. The molecule has 0 radical (unpaired) electrons. The van der Waals surface area contributed by atoms with E-state index in [9.17, 15) is 9.59 Å². The topological polar surface area (TPSA) is 76.5 Å². The molecule has 0 unspecified atom stereocenters. The summed E-state index contributed by atoms with van der Waals surface area (Å²) in [5.74, 6) is 0.751. The standard InChI is InChI=1S/C25H26N4O3S2/c1-32-20-6-3-2-5-17(20)13-28-10-8-18(9-11-28)27-22(30)14-29-16-26-24-23(25(29)31)19(15-34-24)21-7-4-12-33-21/h2-7,12,15-16,18H,8-11,13-14H2,1H3,(H,27,30). The number of hydrogen-bond donors (Lipinski definition) is 1. The minimum Gasteiger partial charge on any atom is -0.496 e. The van der Waals surface area contributed by atoms with Crippen molar-refractivity contribution in [3.63, 3.8) is 0 Å². The van der Waals surface area contributed by atoms with Gasteiger partial charge in [-0.25, -0.2) is 4.98 Å². The van der Waals surface area contributed by atoms with E-state index in [1.807, 2.05) is 41.1 Å². The molecule has 0 bridgehead atoms.